The van der Waals surface area contributed by atoms with Crippen LogP contribution in [-0.4, -0.2) is 46.3 Å². The number of hydrogen-bond acceptors (Lipinski definition) is 4. The first-order valence-corrected chi connectivity index (χ1v) is 9.42. The molecular weight excluding hydrogens is 288 g/mol. The van der Waals surface area contributed by atoms with E-state index in [-0.39, 0.29) is 11.7 Å². The Bertz CT molecular complexity index is 515. The van der Waals surface area contributed by atoms with Gasteiger partial charge in [-0.3, -0.25) is 4.68 Å². The van der Waals surface area contributed by atoms with Crippen LogP contribution in [0.4, 0.5) is 0 Å². The van der Waals surface area contributed by atoms with Crippen molar-refractivity contribution in [1.29, 1.82) is 0 Å². The van der Waals surface area contributed by atoms with E-state index in [0.29, 0.717) is 19.0 Å². The largest absolute Gasteiger partial charge is 0.253 e. The molecule has 0 saturated carbocycles. The molecule has 2 rings (SSSR count). The molecule has 0 amide bonds. The lowest BCUT2D eigenvalue weighted by atomic mass is 10.00. The summed E-state index contributed by atoms with van der Waals surface area (Å²) in [5, 5.41) is 4.11. The van der Waals surface area contributed by atoms with Gasteiger partial charge in [0.05, 0.1) is 5.75 Å². The van der Waals surface area contributed by atoms with Crippen molar-refractivity contribution in [2.24, 2.45) is 11.8 Å². The molecule has 0 radical (unpaired) electrons. The first-order chi connectivity index (χ1) is 10.0. The van der Waals surface area contributed by atoms with Gasteiger partial charge in [0.25, 0.3) is 0 Å². The number of hydrogen-bond donors (Lipinski definition) is 0. The Morgan fingerprint density at radius 1 is 1.43 bits per heavy atom. The maximum Gasteiger partial charge on any atom is 0.214 e. The Kier molecular flexibility index (Phi) is 5.75. The highest BCUT2D eigenvalue weighted by molar-refractivity contribution is 7.89. The molecule has 120 valence electrons. The zero-order chi connectivity index (χ0) is 15.3. The van der Waals surface area contributed by atoms with Gasteiger partial charge in [0, 0.05) is 19.6 Å². The Labute approximate surface area is 127 Å². The summed E-state index contributed by atoms with van der Waals surface area (Å²) in [6.07, 6.45) is 7.19. The summed E-state index contributed by atoms with van der Waals surface area (Å²) in [5.74, 6) is 0.837. The van der Waals surface area contributed by atoms with E-state index >= 15 is 0 Å². The van der Waals surface area contributed by atoms with Crippen molar-refractivity contribution in [3.8, 4) is 0 Å². The van der Waals surface area contributed by atoms with Crippen molar-refractivity contribution < 1.29 is 8.42 Å². The fourth-order valence-corrected chi connectivity index (χ4v) is 5.00. The van der Waals surface area contributed by atoms with E-state index in [1.165, 1.54) is 6.33 Å². The average Bonchev–Trinajstić information content (AvgIpc) is 2.91. The first-order valence-electron chi connectivity index (χ1n) is 7.81. The van der Waals surface area contributed by atoms with Crippen LogP contribution in [0.3, 0.4) is 0 Å². The van der Waals surface area contributed by atoms with E-state index in [0.717, 1.165) is 32.2 Å². The molecule has 2 heterocycles. The lowest BCUT2D eigenvalue weighted by Gasteiger charge is -2.32. The molecule has 0 aromatic carbocycles. The number of nitrogens with zero attached hydrogens (tertiary/aromatic N) is 4. The molecule has 0 N–H and O–H groups in total. The molecule has 1 aliphatic heterocycles. The van der Waals surface area contributed by atoms with Gasteiger partial charge >= 0.3 is 0 Å². The molecule has 0 unspecified atom stereocenters. The van der Waals surface area contributed by atoms with E-state index in [9.17, 15) is 8.42 Å². The molecule has 1 aromatic rings. The monoisotopic (exact) mass is 314 g/mol. The van der Waals surface area contributed by atoms with Crippen LogP contribution in [0.15, 0.2) is 12.7 Å². The van der Waals surface area contributed by atoms with Crippen molar-refractivity contribution >= 4 is 10.0 Å². The summed E-state index contributed by atoms with van der Waals surface area (Å²) < 4.78 is 28.5. The number of rotatable bonds is 7. The molecule has 1 aliphatic rings. The molecule has 7 heteroatoms. The quantitative estimate of drug-likeness (QED) is 0.769. The van der Waals surface area contributed by atoms with Gasteiger partial charge in [-0.2, -0.15) is 5.10 Å². The Morgan fingerprint density at radius 2 is 2.24 bits per heavy atom. The minimum absolute atomic E-state index is 0.232. The summed E-state index contributed by atoms with van der Waals surface area (Å²) in [4.78, 5) is 3.94. The second-order valence-corrected chi connectivity index (χ2v) is 8.17. The Hall–Kier alpha value is -0.950. The normalized spacial score (nSPS) is 22.3. The highest BCUT2D eigenvalue weighted by Gasteiger charge is 2.30. The fourth-order valence-electron chi connectivity index (χ4n) is 3.06. The summed E-state index contributed by atoms with van der Waals surface area (Å²) in [6.45, 7) is 6.14. The Balaban J connectivity index is 1.93. The standard InChI is InChI=1S/C14H26N4O2S/c1-3-5-13(2)10-21(19,20)18-7-4-6-14(9-18)8-17-12-15-11-16-17/h11-14H,3-10H2,1-2H3/t13-,14+/m0/s1. The predicted octanol–water partition coefficient (Wildman–Crippen LogP) is 1.76. The molecule has 1 fully saturated rings. The molecular formula is C14H26N4O2S. The van der Waals surface area contributed by atoms with Crippen molar-refractivity contribution in [2.75, 3.05) is 18.8 Å². The minimum Gasteiger partial charge on any atom is -0.253 e. The minimum atomic E-state index is -3.13. The maximum absolute atomic E-state index is 12.5. The highest BCUT2D eigenvalue weighted by atomic mass is 32.2. The van der Waals surface area contributed by atoms with Gasteiger partial charge in [0.1, 0.15) is 12.7 Å². The molecule has 6 nitrogen and oxygen atoms in total. The van der Waals surface area contributed by atoms with Crippen molar-refractivity contribution in [3.63, 3.8) is 0 Å². The van der Waals surface area contributed by atoms with Crippen LogP contribution in [-0.2, 0) is 16.6 Å². The average molecular weight is 314 g/mol. The second-order valence-electron chi connectivity index (χ2n) is 6.16. The summed E-state index contributed by atoms with van der Waals surface area (Å²) in [5.41, 5.74) is 0. The van der Waals surface area contributed by atoms with E-state index in [1.54, 1.807) is 15.3 Å². The van der Waals surface area contributed by atoms with Gasteiger partial charge in [0.2, 0.25) is 10.0 Å². The van der Waals surface area contributed by atoms with Crippen molar-refractivity contribution in [2.45, 2.75) is 46.1 Å². The second kappa shape index (κ2) is 7.35. The smallest absolute Gasteiger partial charge is 0.214 e. The summed E-state index contributed by atoms with van der Waals surface area (Å²) in [6, 6.07) is 0. The van der Waals surface area contributed by atoms with Crippen LogP contribution in [0, 0.1) is 11.8 Å². The topological polar surface area (TPSA) is 68.1 Å². The summed E-state index contributed by atoms with van der Waals surface area (Å²) in [7, 11) is -3.13. The van der Waals surface area contributed by atoms with Crippen LogP contribution >= 0.6 is 0 Å². The lowest BCUT2D eigenvalue weighted by Crippen LogP contribution is -2.43. The van der Waals surface area contributed by atoms with Crippen LogP contribution in [0.5, 0.6) is 0 Å². The molecule has 0 bridgehead atoms. The zero-order valence-corrected chi connectivity index (χ0v) is 13.8. The van der Waals surface area contributed by atoms with E-state index in [4.69, 9.17) is 0 Å². The van der Waals surface area contributed by atoms with Crippen molar-refractivity contribution in [1.82, 2.24) is 19.1 Å². The van der Waals surface area contributed by atoms with Gasteiger partial charge in [-0.1, -0.05) is 20.3 Å². The van der Waals surface area contributed by atoms with Gasteiger partial charge in [-0.05, 0) is 31.1 Å². The SMILES string of the molecule is CCC[C@H](C)CS(=O)(=O)N1CCC[C@H](Cn2cncn2)C1. The van der Waals surface area contributed by atoms with Gasteiger partial charge < -0.3 is 0 Å². The van der Waals surface area contributed by atoms with E-state index < -0.39 is 10.0 Å². The predicted molar refractivity (Wildman–Crippen MR) is 82.2 cm³/mol. The summed E-state index contributed by atoms with van der Waals surface area (Å²) >= 11 is 0. The highest BCUT2D eigenvalue weighted by Crippen LogP contribution is 2.22. The number of sulfonamides is 1. The van der Waals surface area contributed by atoms with E-state index in [2.05, 4.69) is 17.0 Å². The third-order valence-corrected chi connectivity index (χ3v) is 6.17. The first kappa shape index (κ1) is 16.4. The lowest BCUT2D eigenvalue weighted by molar-refractivity contribution is 0.238. The molecule has 21 heavy (non-hydrogen) atoms. The van der Waals surface area contributed by atoms with Gasteiger partial charge in [-0.25, -0.2) is 17.7 Å². The fraction of sp³-hybridized carbons (Fsp3) is 0.857. The molecule has 2 atom stereocenters. The van der Waals surface area contributed by atoms with Crippen LogP contribution in [0.1, 0.15) is 39.5 Å². The van der Waals surface area contributed by atoms with Crippen LogP contribution in [0.25, 0.3) is 0 Å². The molecule has 1 saturated heterocycles. The van der Waals surface area contributed by atoms with Gasteiger partial charge in [-0.15, -0.1) is 0 Å². The Morgan fingerprint density at radius 3 is 2.90 bits per heavy atom. The molecule has 0 aliphatic carbocycles. The molecule has 1 aromatic heterocycles. The van der Waals surface area contributed by atoms with E-state index in [1.807, 2.05) is 6.92 Å². The zero-order valence-electron chi connectivity index (χ0n) is 13.0. The number of aromatic nitrogens is 3. The van der Waals surface area contributed by atoms with Gasteiger partial charge in [0.15, 0.2) is 0 Å². The maximum atomic E-state index is 12.5. The van der Waals surface area contributed by atoms with Crippen LogP contribution in [0.2, 0.25) is 0 Å². The third kappa shape index (κ3) is 4.78. The number of piperidine rings is 1. The van der Waals surface area contributed by atoms with Crippen molar-refractivity contribution in [3.05, 3.63) is 12.7 Å². The molecule has 0 spiro atoms. The third-order valence-electron chi connectivity index (χ3n) is 4.06. The van der Waals surface area contributed by atoms with Crippen LogP contribution < -0.4 is 0 Å².